The zero-order chi connectivity index (χ0) is 10.6. The van der Waals surface area contributed by atoms with Crippen LogP contribution in [0.2, 0.25) is 0 Å². The van der Waals surface area contributed by atoms with Crippen molar-refractivity contribution in [3.05, 3.63) is 28.2 Å². The Labute approximate surface area is 93.1 Å². The second-order valence-corrected chi connectivity index (χ2v) is 4.06. The monoisotopic (exact) mass is 258 g/mol. The van der Waals surface area contributed by atoms with Crippen molar-refractivity contribution in [3.8, 4) is 0 Å². The van der Waals surface area contributed by atoms with Gasteiger partial charge < -0.3 is 9.74 Å². The highest BCUT2D eigenvalue weighted by molar-refractivity contribution is 9.10. The molecule has 78 valence electrons. The topological polar surface area (TPSA) is 24.5 Å². The van der Waals surface area contributed by atoms with Gasteiger partial charge in [0.15, 0.2) is 0 Å². The summed E-state index contributed by atoms with van der Waals surface area (Å²) in [5.41, 5.74) is 5.18. The van der Waals surface area contributed by atoms with Crippen molar-refractivity contribution in [1.29, 1.82) is 0 Å². The van der Waals surface area contributed by atoms with Crippen LogP contribution in [0, 0.1) is 0 Å². The average molecular weight is 259 g/mol. The molecule has 0 spiro atoms. The number of hydrogen-bond donors (Lipinski definition) is 1. The Bertz CT molecular complexity index is 302. The first-order valence-corrected chi connectivity index (χ1v) is 5.16. The predicted octanol–water partition coefficient (Wildman–Crippen LogP) is 2.17. The molecule has 1 N–H and O–H groups in total. The summed E-state index contributed by atoms with van der Waals surface area (Å²) in [5, 5.41) is 0. The minimum atomic E-state index is 0.713. The van der Waals surface area contributed by atoms with E-state index in [0.717, 1.165) is 4.47 Å². The van der Waals surface area contributed by atoms with Crippen molar-refractivity contribution < 1.29 is 4.84 Å². The van der Waals surface area contributed by atoms with Crippen LogP contribution in [0.25, 0.3) is 0 Å². The maximum Gasteiger partial charge on any atom is 0.0572 e. The van der Waals surface area contributed by atoms with Crippen molar-refractivity contribution in [2.75, 3.05) is 26.1 Å². The molecule has 0 heterocycles. The molecular formula is C10H15BrN2O. The summed E-state index contributed by atoms with van der Waals surface area (Å²) in [5.74, 6) is 0. The lowest BCUT2D eigenvalue weighted by Gasteiger charge is -2.15. The van der Waals surface area contributed by atoms with Crippen LogP contribution in [0.1, 0.15) is 5.56 Å². The van der Waals surface area contributed by atoms with E-state index in [4.69, 9.17) is 4.84 Å². The normalized spacial score (nSPS) is 10.3. The third-order valence-electron chi connectivity index (χ3n) is 1.91. The van der Waals surface area contributed by atoms with Crippen LogP contribution in [-0.2, 0) is 11.4 Å². The lowest BCUT2D eigenvalue weighted by Crippen LogP contribution is -2.13. The van der Waals surface area contributed by atoms with Gasteiger partial charge in [-0.25, -0.2) is 0 Å². The lowest BCUT2D eigenvalue weighted by atomic mass is 10.2. The number of anilines is 1. The van der Waals surface area contributed by atoms with E-state index in [1.807, 2.05) is 20.2 Å². The Morgan fingerprint density at radius 1 is 1.43 bits per heavy atom. The van der Waals surface area contributed by atoms with E-state index in [-0.39, 0.29) is 0 Å². The highest BCUT2D eigenvalue weighted by atomic mass is 79.9. The van der Waals surface area contributed by atoms with Crippen LogP contribution < -0.4 is 10.4 Å². The minimum Gasteiger partial charge on any atom is -0.377 e. The van der Waals surface area contributed by atoms with Gasteiger partial charge in [-0.3, -0.25) is 0 Å². The zero-order valence-electron chi connectivity index (χ0n) is 8.67. The molecule has 0 atom stereocenters. The van der Waals surface area contributed by atoms with Gasteiger partial charge >= 0.3 is 0 Å². The number of rotatable bonds is 4. The van der Waals surface area contributed by atoms with E-state index in [1.165, 1.54) is 11.3 Å². The van der Waals surface area contributed by atoms with E-state index in [9.17, 15) is 0 Å². The first-order chi connectivity index (χ1) is 6.65. The molecule has 0 unspecified atom stereocenters. The van der Waals surface area contributed by atoms with Gasteiger partial charge in [0.25, 0.3) is 0 Å². The van der Waals surface area contributed by atoms with Gasteiger partial charge in [-0.05, 0) is 33.6 Å². The number of hydrogen-bond acceptors (Lipinski definition) is 3. The third kappa shape index (κ3) is 2.97. The third-order valence-corrected chi connectivity index (χ3v) is 2.58. The Morgan fingerprint density at radius 2 is 2.14 bits per heavy atom. The van der Waals surface area contributed by atoms with E-state index in [1.54, 1.807) is 7.11 Å². The van der Waals surface area contributed by atoms with Gasteiger partial charge in [0.2, 0.25) is 0 Å². The van der Waals surface area contributed by atoms with Gasteiger partial charge in [-0.1, -0.05) is 6.07 Å². The maximum absolute atomic E-state index is 4.80. The molecule has 0 aromatic heterocycles. The Balaban J connectivity index is 2.83. The summed E-state index contributed by atoms with van der Waals surface area (Å²) in [6.07, 6.45) is 0. The van der Waals surface area contributed by atoms with Crippen LogP contribution in [-0.4, -0.2) is 21.2 Å². The van der Waals surface area contributed by atoms with Crippen LogP contribution in [0.15, 0.2) is 22.7 Å². The summed E-state index contributed by atoms with van der Waals surface area (Å²) >= 11 is 3.51. The molecular weight excluding hydrogens is 244 g/mol. The van der Waals surface area contributed by atoms with Crippen molar-refractivity contribution >= 4 is 21.6 Å². The summed E-state index contributed by atoms with van der Waals surface area (Å²) in [4.78, 5) is 6.87. The van der Waals surface area contributed by atoms with Gasteiger partial charge in [-0.15, -0.1) is 0 Å². The second-order valence-electron chi connectivity index (χ2n) is 3.21. The SMILES string of the molecule is CONCc1ccc(Br)c(N(C)C)c1. The molecule has 0 saturated heterocycles. The molecule has 4 heteroatoms. The Kier molecular flexibility index (Phi) is 4.38. The predicted molar refractivity (Wildman–Crippen MR) is 62.3 cm³/mol. The summed E-state index contributed by atoms with van der Waals surface area (Å²) < 4.78 is 1.10. The molecule has 0 aliphatic heterocycles. The number of nitrogens with one attached hydrogen (secondary N) is 1. The van der Waals surface area contributed by atoms with Crippen LogP contribution in [0.3, 0.4) is 0 Å². The summed E-state index contributed by atoms with van der Waals surface area (Å²) in [7, 11) is 5.66. The molecule has 0 radical (unpaired) electrons. The molecule has 0 aliphatic rings. The van der Waals surface area contributed by atoms with Gasteiger partial charge in [0.1, 0.15) is 0 Å². The largest absolute Gasteiger partial charge is 0.377 e. The van der Waals surface area contributed by atoms with Gasteiger partial charge in [0.05, 0.1) is 12.8 Å². The highest BCUT2D eigenvalue weighted by Gasteiger charge is 2.02. The first kappa shape index (κ1) is 11.5. The molecule has 1 aromatic carbocycles. The molecule has 1 aromatic rings. The van der Waals surface area contributed by atoms with Crippen molar-refractivity contribution in [3.63, 3.8) is 0 Å². The Morgan fingerprint density at radius 3 is 2.71 bits per heavy atom. The molecule has 0 bridgehead atoms. The zero-order valence-corrected chi connectivity index (χ0v) is 10.3. The van der Waals surface area contributed by atoms with Crippen LogP contribution in [0.5, 0.6) is 0 Å². The van der Waals surface area contributed by atoms with E-state index >= 15 is 0 Å². The maximum atomic E-state index is 4.80. The first-order valence-electron chi connectivity index (χ1n) is 4.36. The molecule has 3 nitrogen and oxygen atoms in total. The van der Waals surface area contributed by atoms with E-state index in [2.05, 4.69) is 38.4 Å². The van der Waals surface area contributed by atoms with Gasteiger partial charge in [0, 0.05) is 25.1 Å². The van der Waals surface area contributed by atoms with E-state index < -0.39 is 0 Å². The van der Waals surface area contributed by atoms with Crippen molar-refractivity contribution in [1.82, 2.24) is 5.48 Å². The molecule has 0 aliphatic carbocycles. The lowest BCUT2D eigenvalue weighted by molar-refractivity contribution is 0.0867. The van der Waals surface area contributed by atoms with Crippen molar-refractivity contribution in [2.24, 2.45) is 0 Å². The minimum absolute atomic E-state index is 0.713. The molecule has 1 rings (SSSR count). The molecule has 0 amide bonds. The van der Waals surface area contributed by atoms with Crippen molar-refractivity contribution in [2.45, 2.75) is 6.54 Å². The fraction of sp³-hybridized carbons (Fsp3) is 0.400. The Hall–Kier alpha value is -0.580. The highest BCUT2D eigenvalue weighted by Crippen LogP contribution is 2.25. The fourth-order valence-electron chi connectivity index (χ4n) is 1.17. The quantitative estimate of drug-likeness (QED) is 0.839. The number of nitrogens with zero attached hydrogens (tertiary/aromatic N) is 1. The smallest absolute Gasteiger partial charge is 0.0572 e. The van der Waals surface area contributed by atoms with E-state index in [0.29, 0.717) is 6.54 Å². The molecule has 0 fully saturated rings. The standard InChI is InChI=1S/C10H15BrN2O/c1-13(2)10-6-8(7-12-14-3)4-5-9(10)11/h4-6,12H,7H2,1-3H3. The molecule has 0 saturated carbocycles. The second kappa shape index (κ2) is 5.34. The fourth-order valence-corrected chi connectivity index (χ4v) is 1.77. The molecule has 14 heavy (non-hydrogen) atoms. The summed E-state index contributed by atoms with van der Waals surface area (Å²) in [6, 6.07) is 6.22. The summed E-state index contributed by atoms with van der Waals surface area (Å²) in [6.45, 7) is 0.713. The number of halogens is 1. The van der Waals surface area contributed by atoms with Crippen LogP contribution >= 0.6 is 15.9 Å². The van der Waals surface area contributed by atoms with Gasteiger partial charge in [-0.2, -0.15) is 5.48 Å². The average Bonchev–Trinajstić information content (AvgIpc) is 2.16. The number of benzene rings is 1. The number of hydroxylamine groups is 1. The van der Waals surface area contributed by atoms with Crippen LogP contribution in [0.4, 0.5) is 5.69 Å².